The summed E-state index contributed by atoms with van der Waals surface area (Å²) < 4.78 is 23.9. The summed E-state index contributed by atoms with van der Waals surface area (Å²) in [5.41, 5.74) is 0.407. The van der Waals surface area contributed by atoms with Crippen LogP contribution in [0.15, 0.2) is 39.5 Å². The van der Waals surface area contributed by atoms with Gasteiger partial charge in [0.25, 0.3) is 0 Å². The van der Waals surface area contributed by atoms with E-state index in [4.69, 9.17) is 20.8 Å². The van der Waals surface area contributed by atoms with Crippen LogP contribution in [0.5, 0.6) is 5.75 Å². The summed E-state index contributed by atoms with van der Waals surface area (Å²) in [6, 6.07) is 7.54. The molecular weight excluding hydrogens is 373 g/mol. The molecule has 0 bridgehead atoms. The Morgan fingerprint density at radius 2 is 2.04 bits per heavy atom. The highest BCUT2D eigenvalue weighted by Crippen LogP contribution is 2.20. The molecular formula is C20H21ClFNO4. The molecule has 0 N–H and O–H groups in total. The van der Waals surface area contributed by atoms with Crippen molar-refractivity contribution in [2.75, 3.05) is 13.1 Å². The summed E-state index contributed by atoms with van der Waals surface area (Å²) >= 11 is 5.77. The van der Waals surface area contributed by atoms with E-state index < -0.39 is 11.4 Å². The fourth-order valence-corrected chi connectivity index (χ4v) is 3.37. The van der Waals surface area contributed by atoms with Gasteiger partial charge in [-0.1, -0.05) is 17.7 Å². The van der Waals surface area contributed by atoms with E-state index in [1.807, 2.05) is 4.90 Å². The topological polar surface area (TPSA) is 59.8 Å². The quantitative estimate of drug-likeness (QED) is 0.776. The molecule has 0 spiro atoms. The van der Waals surface area contributed by atoms with Crippen LogP contribution in [0.3, 0.4) is 0 Å². The lowest BCUT2D eigenvalue weighted by molar-refractivity contribution is -0.132. The van der Waals surface area contributed by atoms with Gasteiger partial charge in [0.05, 0.1) is 11.1 Å². The number of hydrogen-bond acceptors (Lipinski definition) is 4. The Bertz CT molecular complexity index is 875. The van der Waals surface area contributed by atoms with Crippen molar-refractivity contribution in [1.29, 1.82) is 0 Å². The molecule has 0 saturated carbocycles. The van der Waals surface area contributed by atoms with Crippen molar-refractivity contribution >= 4 is 17.5 Å². The highest BCUT2D eigenvalue weighted by molar-refractivity contribution is 6.30. The number of carbonyl (C=O) groups is 1. The first-order chi connectivity index (χ1) is 12.9. The maximum atomic E-state index is 13.2. The van der Waals surface area contributed by atoms with Crippen LogP contribution in [0.2, 0.25) is 5.02 Å². The summed E-state index contributed by atoms with van der Waals surface area (Å²) in [6.45, 7) is 2.91. The average molecular weight is 394 g/mol. The van der Waals surface area contributed by atoms with E-state index in [2.05, 4.69) is 0 Å². The Morgan fingerprint density at radius 3 is 2.70 bits per heavy atom. The number of ether oxygens (including phenoxy) is 1. The molecule has 2 heterocycles. The van der Waals surface area contributed by atoms with Gasteiger partial charge in [-0.15, -0.1) is 0 Å². The highest BCUT2D eigenvalue weighted by Gasteiger charge is 2.24. The van der Waals surface area contributed by atoms with Crippen molar-refractivity contribution in [3.63, 3.8) is 0 Å². The molecule has 3 rings (SSSR count). The number of halogens is 2. The number of piperidine rings is 1. The van der Waals surface area contributed by atoms with Crippen LogP contribution in [-0.4, -0.2) is 30.0 Å². The third-order valence-electron chi connectivity index (χ3n) is 4.58. The molecule has 1 aromatic carbocycles. The van der Waals surface area contributed by atoms with E-state index >= 15 is 0 Å². The maximum absolute atomic E-state index is 13.2. The molecule has 1 fully saturated rings. The zero-order valence-electron chi connectivity index (χ0n) is 15.0. The molecule has 1 aliphatic heterocycles. The van der Waals surface area contributed by atoms with Crippen LogP contribution in [0.4, 0.5) is 4.39 Å². The monoisotopic (exact) mass is 393 g/mol. The van der Waals surface area contributed by atoms with E-state index in [1.54, 1.807) is 25.1 Å². The lowest BCUT2D eigenvalue weighted by atomic mass is 10.1. The second-order valence-electron chi connectivity index (χ2n) is 6.67. The largest absolute Gasteiger partial charge is 0.490 e. The Kier molecular flexibility index (Phi) is 6.16. The van der Waals surface area contributed by atoms with Gasteiger partial charge in [0.15, 0.2) is 0 Å². The van der Waals surface area contributed by atoms with Gasteiger partial charge in [0.2, 0.25) is 5.91 Å². The second kappa shape index (κ2) is 8.57. The molecule has 2 aromatic rings. The molecule has 0 radical (unpaired) electrons. The van der Waals surface area contributed by atoms with E-state index in [0.717, 1.165) is 5.56 Å². The van der Waals surface area contributed by atoms with Crippen molar-refractivity contribution in [3.8, 4) is 5.75 Å². The molecule has 5 nitrogen and oxygen atoms in total. The zero-order chi connectivity index (χ0) is 19.4. The van der Waals surface area contributed by atoms with Crippen LogP contribution < -0.4 is 10.4 Å². The number of benzene rings is 1. The number of carbonyl (C=O) groups excluding carboxylic acids is 1. The Labute approximate surface area is 161 Å². The van der Waals surface area contributed by atoms with E-state index in [9.17, 15) is 14.0 Å². The normalized spacial score (nSPS) is 15.0. The van der Waals surface area contributed by atoms with Crippen LogP contribution in [0, 0.1) is 12.7 Å². The van der Waals surface area contributed by atoms with Crippen LogP contribution >= 0.6 is 11.6 Å². The van der Waals surface area contributed by atoms with Gasteiger partial charge in [-0.05, 0) is 31.0 Å². The van der Waals surface area contributed by atoms with Gasteiger partial charge in [0.1, 0.15) is 23.4 Å². The van der Waals surface area contributed by atoms with Crippen LogP contribution in [0.1, 0.15) is 30.6 Å². The molecule has 144 valence electrons. The summed E-state index contributed by atoms with van der Waals surface area (Å²) in [5, 5.41) is 0.0723. The second-order valence-corrected chi connectivity index (χ2v) is 7.08. The van der Waals surface area contributed by atoms with E-state index in [1.165, 1.54) is 12.1 Å². The van der Waals surface area contributed by atoms with Gasteiger partial charge >= 0.3 is 5.63 Å². The lowest BCUT2D eigenvalue weighted by Crippen LogP contribution is -2.41. The SMILES string of the molecule is Cc1cc(OC2CCN(C(=O)CCc3ccc(F)c(Cl)c3)CC2)cc(=O)o1. The van der Waals surface area contributed by atoms with Crippen molar-refractivity contribution in [2.45, 2.75) is 38.7 Å². The first-order valence-electron chi connectivity index (χ1n) is 8.91. The average Bonchev–Trinajstić information content (AvgIpc) is 2.62. The van der Waals surface area contributed by atoms with Crippen molar-refractivity contribution < 1.29 is 18.3 Å². The number of nitrogens with zero attached hydrogens (tertiary/aromatic N) is 1. The third kappa shape index (κ3) is 5.32. The summed E-state index contributed by atoms with van der Waals surface area (Å²) in [6.07, 6.45) is 2.24. The molecule has 1 aromatic heterocycles. The molecule has 0 aliphatic carbocycles. The first-order valence-corrected chi connectivity index (χ1v) is 9.28. The van der Waals surface area contributed by atoms with Gasteiger partial charge in [-0.25, -0.2) is 9.18 Å². The standard InChI is InChI=1S/C20H21ClFNO4/c1-13-10-16(12-20(25)26-13)27-15-6-8-23(9-7-15)19(24)5-3-14-2-4-18(22)17(21)11-14/h2,4,10-12,15H,3,5-9H2,1H3. The molecule has 1 aliphatic rings. The minimum absolute atomic E-state index is 0.0360. The van der Waals surface area contributed by atoms with Crippen LogP contribution in [-0.2, 0) is 11.2 Å². The van der Waals surface area contributed by atoms with Gasteiger partial charge in [0, 0.05) is 38.4 Å². The van der Waals surface area contributed by atoms with Gasteiger partial charge < -0.3 is 14.1 Å². The maximum Gasteiger partial charge on any atom is 0.339 e. The van der Waals surface area contributed by atoms with E-state index in [0.29, 0.717) is 50.3 Å². The molecule has 1 saturated heterocycles. The summed E-state index contributed by atoms with van der Waals surface area (Å²) in [7, 11) is 0. The number of hydrogen-bond donors (Lipinski definition) is 0. The number of amides is 1. The summed E-state index contributed by atoms with van der Waals surface area (Å²) in [5.74, 6) is 0.609. The minimum Gasteiger partial charge on any atom is -0.490 e. The molecule has 1 amide bonds. The first kappa shape index (κ1) is 19.4. The zero-order valence-corrected chi connectivity index (χ0v) is 15.8. The van der Waals surface area contributed by atoms with Crippen molar-refractivity contribution in [3.05, 3.63) is 62.9 Å². The summed E-state index contributed by atoms with van der Waals surface area (Å²) in [4.78, 5) is 25.6. The number of rotatable bonds is 5. The van der Waals surface area contributed by atoms with Crippen LogP contribution in [0.25, 0.3) is 0 Å². The number of aryl methyl sites for hydroxylation is 2. The Balaban J connectivity index is 1.47. The smallest absolute Gasteiger partial charge is 0.339 e. The van der Waals surface area contributed by atoms with Crippen molar-refractivity contribution in [2.24, 2.45) is 0 Å². The Hall–Kier alpha value is -2.34. The molecule has 0 atom stereocenters. The van der Waals surface area contributed by atoms with Gasteiger partial charge in [-0.2, -0.15) is 0 Å². The fourth-order valence-electron chi connectivity index (χ4n) is 3.16. The Morgan fingerprint density at radius 1 is 1.30 bits per heavy atom. The number of likely N-dealkylation sites (tertiary alicyclic amines) is 1. The molecule has 7 heteroatoms. The predicted molar refractivity (Wildman–Crippen MR) is 99.7 cm³/mol. The predicted octanol–water partition coefficient (Wildman–Crippen LogP) is 3.74. The third-order valence-corrected chi connectivity index (χ3v) is 4.87. The highest BCUT2D eigenvalue weighted by atomic mass is 35.5. The molecule has 0 unspecified atom stereocenters. The van der Waals surface area contributed by atoms with E-state index in [-0.39, 0.29) is 17.0 Å². The lowest BCUT2D eigenvalue weighted by Gasteiger charge is -2.32. The van der Waals surface area contributed by atoms with Gasteiger partial charge in [-0.3, -0.25) is 4.79 Å². The fraction of sp³-hybridized carbons (Fsp3) is 0.400. The molecule has 27 heavy (non-hydrogen) atoms. The minimum atomic E-state index is -0.458. The van der Waals surface area contributed by atoms with Crippen molar-refractivity contribution in [1.82, 2.24) is 4.90 Å².